The molecular weight excluding hydrogens is 472 g/mol. The summed E-state index contributed by atoms with van der Waals surface area (Å²) in [5.74, 6) is 0. The van der Waals surface area contributed by atoms with Gasteiger partial charge in [0.1, 0.15) is 11.2 Å². The smallest absolute Gasteiger partial charge is 0.136 e. The Morgan fingerprint density at radius 2 is 1.00 bits per heavy atom. The summed E-state index contributed by atoms with van der Waals surface area (Å²) in [4.78, 5) is 0. The molecule has 0 N–H and O–H groups in total. The molecule has 0 aliphatic heterocycles. The maximum atomic E-state index is 9.38. The standard InChI is InChI=1S/C38H24O/c1-3-13-25(14-4-1)27-23-24-34-37(32-21-11-12-22-33(32)39-34)38(27)36-30-19-9-7-17-28(30)35(26-15-5-2-6-16-26)29-18-8-10-20-31(29)36/h1-24H/i2D,7D,8D,9D,10D,17D,18D,19D,20D. The molecule has 8 aromatic rings. The summed E-state index contributed by atoms with van der Waals surface area (Å²) in [6.45, 7) is 0. The largest absolute Gasteiger partial charge is 0.456 e. The molecule has 0 bridgehead atoms. The van der Waals surface area contributed by atoms with Gasteiger partial charge in [-0.25, -0.2) is 0 Å². The maximum Gasteiger partial charge on any atom is 0.136 e. The van der Waals surface area contributed by atoms with Crippen LogP contribution in [0.5, 0.6) is 0 Å². The van der Waals surface area contributed by atoms with Crippen LogP contribution < -0.4 is 0 Å². The van der Waals surface area contributed by atoms with E-state index >= 15 is 0 Å². The van der Waals surface area contributed by atoms with Crippen LogP contribution in [0.15, 0.2) is 150 Å². The molecule has 1 aromatic heterocycles. The third kappa shape index (κ3) is 3.34. The van der Waals surface area contributed by atoms with Gasteiger partial charge in [0.25, 0.3) is 0 Å². The van der Waals surface area contributed by atoms with Crippen molar-refractivity contribution < 1.29 is 16.8 Å². The molecule has 0 amide bonds. The summed E-state index contributed by atoms with van der Waals surface area (Å²) in [5, 5.41) is 1.89. The molecule has 39 heavy (non-hydrogen) atoms. The first-order valence-corrected chi connectivity index (χ1v) is 12.6. The fourth-order valence-electron chi connectivity index (χ4n) is 5.65. The van der Waals surface area contributed by atoms with Gasteiger partial charge >= 0.3 is 0 Å². The van der Waals surface area contributed by atoms with E-state index in [9.17, 15) is 5.48 Å². The number of para-hydroxylation sites is 1. The highest BCUT2D eigenvalue weighted by Gasteiger charge is 2.23. The Labute approximate surface area is 239 Å². The Bertz CT molecular complexity index is 2560. The normalized spacial score (nSPS) is 14.8. The van der Waals surface area contributed by atoms with Gasteiger partial charge in [-0.1, -0.05) is 133 Å². The lowest BCUT2D eigenvalue weighted by Gasteiger charge is -2.20. The zero-order valence-corrected chi connectivity index (χ0v) is 20.6. The molecule has 1 nitrogen and oxygen atoms in total. The molecule has 0 aliphatic carbocycles. The number of benzene rings is 7. The molecule has 0 fully saturated rings. The Morgan fingerprint density at radius 1 is 0.410 bits per heavy atom. The van der Waals surface area contributed by atoms with Crippen LogP contribution in [0.4, 0.5) is 0 Å². The van der Waals surface area contributed by atoms with Gasteiger partial charge in [0, 0.05) is 16.3 Å². The number of hydrogen-bond acceptors (Lipinski definition) is 1. The molecule has 7 aromatic carbocycles. The van der Waals surface area contributed by atoms with Gasteiger partial charge in [0.15, 0.2) is 0 Å². The predicted molar refractivity (Wildman–Crippen MR) is 165 cm³/mol. The van der Waals surface area contributed by atoms with Crippen LogP contribution in [0.25, 0.3) is 76.9 Å². The van der Waals surface area contributed by atoms with E-state index in [1.807, 2.05) is 66.7 Å². The fraction of sp³-hybridized carbons (Fsp3) is 0. The van der Waals surface area contributed by atoms with Gasteiger partial charge in [0.2, 0.25) is 0 Å². The van der Waals surface area contributed by atoms with Crippen molar-refractivity contribution in [3.05, 3.63) is 145 Å². The minimum Gasteiger partial charge on any atom is -0.456 e. The average molecular weight is 506 g/mol. The van der Waals surface area contributed by atoms with E-state index in [-0.39, 0.29) is 62.9 Å². The second kappa shape index (κ2) is 8.72. The molecule has 0 unspecified atom stereocenters. The lowest BCUT2D eigenvalue weighted by Crippen LogP contribution is -1.93. The van der Waals surface area contributed by atoms with Crippen LogP contribution in [-0.2, 0) is 0 Å². The summed E-state index contributed by atoms with van der Waals surface area (Å²) < 4.78 is 86.7. The minimum atomic E-state index is -0.466. The highest BCUT2D eigenvalue weighted by molar-refractivity contribution is 6.27. The summed E-state index contributed by atoms with van der Waals surface area (Å²) in [5.41, 5.74) is 4.11. The Hall–Kier alpha value is -5.14. The van der Waals surface area contributed by atoms with Crippen LogP contribution >= 0.6 is 0 Å². The predicted octanol–water partition coefficient (Wildman–Crippen LogP) is 10.9. The van der Waals surface area contributed by atoms with Gasteiger partial charge < -0.3 is 4.42 Å². The van der Waals surface area contributed by atoms with Crippen molar-refractivity contribution in [1.82, 2.24) is 0 Å². The first-order valence-electron chi connectivity index (χ1n) is 17.1. The molecule has 0 atom stereocenters. The monoisotopic (exact) mass is 505 g/mol. The van der Waals surface area contributed by atoms with Gasteiger partial charge in [-0.3, -0.25) is 0 Å². The molecule has 0 radical (unpaired) electrons. The molecule has 0 aliphatic rings. The van der Waals surface area contributed by atoms with Crippen molar-refractivity contribution in [3.8, 4) is 33.4 Å². The third-order valence-corrected chi connectivity index (χ3v) is 7.26. The Morgan fingerprint density at radius 3 is 1.69 bits per heavy atom. The first-order chi connectivity index (χ1) is 23.1. The second-order valence-corrected chi connectivity index (χ2v) is 9.36. The topological polar surface area (TPSA) is 13.1 Å². The van der Waals surface area contributed by atoms with E-state index < -0.39 is 24.2 Å². The van der Waals surface area contributed by atoms with Crippen LogP contribution in [0.1, 0.15) is 12.3 Å². The number of rotatable bonds is 3. The third-order valence-electron chi connectivity index (χ3n) is 7.26. The first kappa shape index (κ1) is 14.7. The van der Waals surface area contributed by atoms with Crippen LogP contribution in [0, 0.1) is 0 Å². The molecule has 182 valence electrons. The van der Waals surface area contributed by atoms with E-state index in [0.717, 1.165) is 10.9 Å². The fourth-order valence-corrected chi connectivity index (χ4v) is 5.65. The highest BCUT2D eigenvalue weighted by Crippen LogP contribution is 2.49. The lowest BCUT2D eigenvalue weighted by atomic mass is 9.82. The van der Waals surface area contributed by atoms with Gasteiger partial charge in [-0.15, -0.1) is 0 Å². The molecule has 0 spiro atoms. The van der Waals surface area contributed by atoms with E-state index in [1.165, 1.54) is 0 Å². The SMILES string of the molecule is [2H]c1ccc(-c2c3c([2H])c([2H])c([2H])c([2H])c3c(-c3c(-c4ccccc4)ccc4oc5ccccc5c34)c3c([2H])c([2H])c([2H])c([2H])c23)cc1. The van der Waals surface area contributed by atoms with E-state index in [2.05, 4.69) is 0 Å². The molecular formula is C38H24O. The minimum absolute atomic E-state index is 0.120. The molecule has 1 heteroatoms. The molecule has 0 saturated carbocycles. The summed E-state index contributed by atoms with van der Waals surface area (Å²) in [6.07, 6.45) is 0. The average Bonchev–Trinajstić information content (AvgIpc) is 3.49. The summed E-state index contributed by atoms with van der Waals surface area (Å²) in [6, 6.07) is 24.1. The maximum absolute atomic E-state index is 9.38. The number of fused-ring (bicyclic) bond motifs is 5. The molecule has 1 heterocycles. The van der Waals surface area contributed by atoms with Crippen LogP contribution in [0.2, 0.25) is 0 Å². The van der Waals surface area contributed by atoms with Gasteiger partial charge in [-0.2, -0.15) is 0 Å². The van der Waals surface area contributed by atoms with Crippen molar-refractivity contribution in [2.45, 2.75) is 0 Å². The molecule has 0 saturated heterocycles. The van der Waals surface area contributed by atoms with Gasteiger partial charge in [-0.05, 0) is 61.5 Å². The van der Waals surface area contributed by atoms with Crippen molar-refractivity contribution in [2.75, 3.05) is 0 Å². The Balaban J connectivity index is 1.77. The quantitative estimate of drug-likeness (QED) is 0.218. The highest BCUT2D eigenvalue weighted by atomic mass is 16.3. The lowest BCUT2D eigenvalue weighted by molar-refractivity contribution is 0.669. The number of hydrogen-bond donors (Lipinski definition) is 0. The van der Waals surface area contributed by atoms with Crippen molar-refractivity contribution in [1.29, 1.82) is 0 Å². The van der Waals surface area contributed by atoms with E-state index in [0.29, 0.717) is 33.2 Å². The van der Waals surface area contributed by atoms with Crippen LogP contribution in [-0.4, -0.2) is 0 Å². The summed E-state index contributed by atoms with van der Waals surface area (Å²) >= 11 is 0. The molecule has 8 rings (SSSR count). The second-order valence-electron chi connectivity index (χ2n) is 9.36. The zero-order valence-electron chi connectivity index (χ0n) is 29.6. The van der Waals surface area contributed by atoms with Crippen molar-refractivity contribution in [3.63, 3.8) is 0 Å². The summed E-state index contributed by atoms with van der Waals surface area (Å²) in [7, 11) is 0. The van der Waals surface area contributed by atoms with Crippen molar-refractivity contribution >= 4 is 43.5 Å². The van der Waals surface area contributed by atoms with Crippen LogP contribution in [0.3, 0.4) is 0 Å². The van der Waals surface area contributed by atoms with Gasteiger partial charge in [0.05, 0.1) is 12.3 Å². The van der Waals surface area contributed by atoms with E-state index in [1.54, 1.807) is 24.3 Å². The number of furan rings is 1. The zero-order chi connectivity index (χ0) is 33.6. The Kier molecular flexibility index (Phi) is 3.29. The van der Waals surface area contributed by atoms with Crippen molar-refractivity contribution in [2.24, 2.45) is 0 Å². The van der Waals surface area contributed by atoms with E-state index in [4.69, 9.17) is 11.3 Å².